The molecule has 3 atom stereocenters. The quantitative estimate of drug-likeness (QED) is 0.733. The monoisotopic (exact) mass is 435 g/mol. The molecule has 31 heavy (non-hydrogen) atoms. The Balaban J connectivity index is 0.000000196. The maximum atomic E-state index is 13.0. The lowest BCUT2D eigenvalue weighted by Gasteiger charge is -2.19. The standard InChI is InChI=1S/C15H18F3N.C7H6N2O3/c1-19-8-11-6-10(7-12(11)9-19)13-4-2-3-5-14(13)15(16,17)18;1-4-2-5(7(11)12)9-6(3-10)8-4/h2-5,10-12H,6-9H2,1H3;2-3H,1H3,(H,11,12)/t10?,11-,12+;. The highest BCUT2D eigenvalue weighted by Crippen LogP contribution is 2.48. The fourth-order valence-electron chi connectivity index (χ4n) is 4.65. The summed E-state index contributed by atoms with van der Waals surface area (Å²) in [7, 11) is 2.09. The number of fused-ring (bicyclic) bond motifs is 1. The van der Waals surface area contributed by atoms with Crippen LogP contribution in [0.25, 0.3) is 0 Å². The van der Waals surface area contributed by atoms with Crippen molar-refractivity contribution in [2.24, 2.45) is 11.8 Å². The summed E-state index contributed by atoms with van der Waals surface area (Å²) in [6, 6.07) is 7.39. The molecule has 1 unspecified atom stereocenters. The van der Waals surface area contributed by atoms with Crippen LogP contribution < -0.4 is 0 Å². The molecule has 2 fully saturated rings. The van der Waals surface area contributed by atoms with Gasteiger partial charge in [-0.25, -0.2) is 14.8 Å². The second-order valence-corrected chi connectivity index (χ2v) is 8.17. The zero-order valence-corrected chi connectivity index (χ0v) is 17.3. The lowest BCUT2D eigenvalue weighted by atomic mass is 9.91. The van der Waals surface area contributed by atoms with E-state index in [-0.39, 0.29) is 17.4 Å². The molecule has 1 N–H and O–H groups in total. The number of likely N-dealkylation sites (tertiary alicyclic amines) is 1. The van der Waals surface area contributed by atoms with Crippen molar-refractivity contribution in [3.8, 4) is 0 Å². The Morgan fingerprint density at radius 1 is 1.16 bits per heavy atom. The van der Waals surface area contributed by atoms with E-state index >= 15 is 0 Å². The van der Waals surface area contributed by atoms with Gasteiger partial charge in [0.2, 0.25) is 0 Å². The number of hydrogen-bond acceptors (Lipinski definition) is 5. The van der Waals surface area contributed by atoms with E-state index in [1.54, 1.807) is 19.1 Å². The predicted octanol–water partition coefficient (Wildman–Crippen LogP) is 4.06. The van der Waals surface area contributed by atoms with Crippen molar-refractivity contribution in [1.29, 1.82) is 0 Å². The molecule has 1 aliphatic heterocycles. The molecule has 2 heterocycles. The number of carbonyl (C=O) groups is 2. The van der Waals surface area contributed by atoms with Crippen LogP contribution in [0.4, 0.5) is 13.2 Å². The number of aryl methyl sites for hydroxylation is 1. The summed E-state index contributed by atoms with van der Waals surface area (Å²) in [5.74, 6) is -0.0231. The summed E-state index contributed by atoms with van der Waals surface area (Å²) in [5, 5.41) is 8.52. The van der Waals surface area contributed by atoms with E-state index in [4.69, 9.17) is 5.11 Å². The number of rotatable bonds is 3. The third-order valence-corrected chi connectivity index (χ3v) is 5.84. The van der Waals surface area contributed by atoms with E-state index in [9.17, 15) is 22.8 Å². The van der Waals surface area contributed by atoms with Crippen LogP contribution in [0, 0.1) is 18.8 Å². The van der Waals surface area contributed by atoms with Gasteiger partial charge in [-0.05, 0) is 62.3 Å². The highest BCUT2D eigenvalue weighted by atomic mass is 19.4. The molecule has 9 heteroatoms. The highest BCUT2D eigenvalue weighted by molar-refractivity contribution is 5.86. The Morgan fingerprint density at radius 3 is 2.32 bits per heavy atom. The van der Waals surface area contributed by atoms with E-state index in [1.165, 1.54) is 18.2 Å². The van der Waals surface area contributed by atoms with E-state index < -0.39 is 17.7 Å². The van der Waals surface area contributed by atoms with Crippen LogP contribution in [-0.2, 0) is 6.18 Å². The van der Waals surface area contributed by atoms with Crippen molar-refractivity contribution >= 4 is 12.3 Å². The highest BCUT2D eigenvalue weighted by Gasteiger charge is 2.43. The molecule has 0 bridgehead atoms. The zero-order chi connectivity index (χ0) is 22.8. The summed E-state index contributed by atoms with van der Waals surface area (Å²) >= 11 is 0. The van der Waals surface area contributed by atoms with Gasteiger partial charge in [-0.1, -0.05) is 18.2 Å². The van der Waals surface area contributed by atoms with Crippen molar-refractivity contribution in [2.75, 3.05) is 20.1 Å². The van der Waals surface area contributed by atoms with Gasteiger partial charge >= 0.3 is 12.1 Å². The fourth-order valence-corrected chi connectivity index (χ4v) is 4.65. The van der Waals surface area contributed by atoms with Crippen molar-refractivity contribution in [3.63, 3.8) is 0 Å². The van der Waals surface area contributed by atoms with Crippen LogP contribution in [0.15, 0.2) is 30.3 Å². The molecule has 166 valence electrons. The van der Waals surface area contributed by atoms with Gasteiger partial charge in [0.1, 0.15) is 0 Å². The van der Waals surface area contributed by atoms with Gasteiger partial charge in [-0.3, -0.25) is 4.79 Å². The molecule has 4 rings (SSSR count). The Morgan fingerprint density at radius 2 is 1.77 bits per heavy atom. The number of carboxylic acid groups (broad SMARTS) is 1. The van der Waals surface area contributed by atoms with E-state index in [1.807, 2.05) is 0 Å². The largest absolute Gasteiger partial charge is 0.477 e. The average Bonchev–Trinajstić information content (AvgIpc) is 3.24. The van der Waals surface area contributed by atoms with Gasteiger partial charge in [-0.15, -0.1) is 0 Å². The first-order chi connectivity index (χ1) is 14.6. The maximum absolute atomic E-state index is 13.0. The van der Waals surface area contributed by atoms with E-state index in [0.717, 1.165) is 25.9 Å². The third kappa shape index (κ3) is 5.46. The summed E-state index contributed by atoms with van der Waals surface area (Å²) in [5.41, 5.74) is 0.370. The first kappa shape index (κ1) is 22.9. The van der Waals surface area contributed by atoms with Crippen molar-refractivity contribution in [3.05, 3.63) is 58.7 Å². The topological polar surface area (TPSA) is 83.4 Å². The fraction of sp³-hybridized carbons (Fsp3) is 0.455. The SMILES string of the molecule is CN1C[C@H]2CC(c3ccccc3C(F)(F)F)C[C@H]2C1.Cc1cc(C(=O)O)nc(C=O)n1. The second-order valence-electron chi connectivity index (χ2n) is 8.17. The molecule has 1 aromatic heterocycles. The number of benzene rings is 1. The normalized spacial score (nSPS) is 23.1. The van der Waals surface area contributed by atoms with Gasteiger partial charge in [-0.2, -0.15) is 13.2 Å². The number of carboxylic acids is 1. The number of nitrogens with zero attached hydrogens (tertiary/aromatic N) is 3. The Labute approximate surface area is 178 Å². The summed E-state index contributed by atoms with van der Waals surface area (Å²) in [4.78, 5) is 30.1. The smallest absolute Gasteiger partial charge is 0.416 e. The molecule has 0 amide bonds. The minimum absolute atomic E-state index is 0.0847. The van der Waals surface area contributed by atoms with Gasteiger partial charge in [0.15, 0.2) is 17.8 Å². The molecule has 0 spiro atoms. The zero-order valence-electron chi connectivity index (χ0n) is 17.3. The molecule has 1 aliphatic carbocycles. The summed E-state index contributed by atoms with van der Waals surface area (Å²) in [6.07, 6.45) is -2.01. The average molecular weight is 435 g/mol. The molecule has 2 aromatic rings. The number of hydrogen-bond donors (Lipinski definition) is 1. The Bertz CT molecular complexity index is 951. The van der Waals surface area contributed by atoms with Gasteiger partial charge < -0.3 is 10.0 Å². The molecule has 1 aromatic carbocycles. The minimum Gasteiger partial charge on any atom is -0.477 e. The van der Waals surface area contributed by atoms with Gasteiger partial charge in [0, 0.05) is 18.8 Å². The van der Waals surface area contributed by atoms with Crippen LogP contribution in [0.2, 0.25) is 0 Å². The van der Waals surface area contributed by atoms with Crippen LogP contribution in [0.3, 0.4) is 0 Å². The molecule has 6 nitrogen and oxygen atoms in total. The number of aldehydes is 1. The number of carbonyl (C=O) groups excluding carboxylic acids is 1. The summed E-state index contributed by atoms with van der Waals surface area (Å²) in [6.45, 7) is 3.67. The number of alkyl halides is 3. The Kier molecular flexibility index (Phi) is 6.74. The molecular formula is C22H24F3N3O3. The van der Waals surface area contributed by atoms with E-state index in [0.29, 0.717) is 29.4 Å². The van der Waals surface area contributed by atoms with Gasteiger partial charge in [0.25, 0.3) is 0 Å². The molecule has 0 radical (unpaired) electrons. The van der Waals surface area contributed by atoms with Crippen molar-refractivity contribution in [2.45, 2.75) is 31.9 Å². The lowest BCUT2D eigenvalue weighted by molar-refractivity contribution is -0.138. The molecule has 1 saturated heterocycles. The Hall–Kier alpha value is -2.81. The maximum Gasteiger partial charge on any atom is 0.416 e. The van der Waals surface area contributed by atoms with Crippen molar-refractivity contribution in [1.82, 2.24) is 14.9 Å². The predicted molar refractivity (Wildman–Crippen MR) is 107 cm³/mol. The third-order valence-electron chi connectivity index (χ3n) is 5.84. The van der Waals surface area contributed by atoms with Crippen LogP contribution in [-0.4, -0.2) is 52.4 Å². The molecule has 2 aliphatic rings. The first-order valence-corrected chi connectivity index (χ1v) is 9.97. The van der Waals surface area contributed by atoms with Crippen LogP contribution in [0.5, 0.6) is 0 Å². The molecular weight excluding hydrogens is 411 g/mol. The van der Waals surface area contributed by atoms with Gasteiger partial charge in [0.05, 0.1) is 5.56 Å². The number of halogens is 3. The van der Waals surface area contributed by atoms with E-state index in [2.05, 4.69) is 21.9 Å². The first-order valence-electron chi connectivity index (χ1n) is 9.97. The summed E-state index contributed by atoms with van der Waals surface area (Å²) < 4.78 is 39.1. The second kappa shape index (κ2) is 9.13. The lowest BCUT2D eigenvalue weighted by Crippen LogP contribution is -2.17. The van der Waals surface area contributed by atoms with Crippen molar-refractivity contribution < 1.29 is 27.9 Å². The van der Waals surface area contributed by atoms with Crippen LogP contribution >= 0.6 is 0 Å². The minimum atomic E-state index is -4.23. The number of aromatic nitrogens is 2. The molecule has 1 saturated carbocycles. The van der Waals surface area contributed by atoms with Crippen LogP contribution in [0.1, 0.15) is 56.7 Å². The number of aromatic carboxylic acids is 1.